The summed E-state index contributed by atoms with van der Waals surface area (Å²) < 4.78 is 6.61. The Kier molecular flexibility index (Phi) is 5.94. The molecule has 186 valence electrons. The van der Waals surface area contributed by atoms with Crippen LogP contribution in [0.15, 0.2) is 121 Å². The van der Waals surface area contributed by atoms with Crippen molar-refractivity contribution in [3.63, 3.8) is 0 Å². The van der Waals surface area contributed by atoms with Crippen LogP contribution in [0.2, 0.25) is 0 Å². The van der Waals surface area contributed by atoms with E-state index in [1.807, 2.05) is 0 Å². The zero-order valence-corrected chi connectivity index (χ0v) is 21.5. The van der Waals surface area contributed by atoms with E-state index in [4.69, 9.17) is 4.74 Å². The Bertz CT molecular complexity index is 1670. The second-order valence-electron chi connectivity index (χ2n) is 10.4. The van der Waals surface area contributed by atoms with Gasteiger partial charge in [-0.3, -0.25) is 0 Å². The van der Waals surface area contributed by atoms with Gasteiger partial charge in [-0.25, -0.2) is 0 Å². The van der Waals surface area contributed by atoms with Crippen molar-refractivity contribution >= 4 is 49.4 Å². The summed E-state index contributed by atoms with van der Waals surface area (Å²) in [7, 11) is 0. The molecule has 1 aliphatic carbocycles. The second-order valence-corrected chi connectivity index (χ2v) is 10.4. The van der Waals surface area contributed by atoms with Crippen molar-refractivity contribution in [2.75, 3.05) is 4.90 Å². The molecule has 0 unspecified atom stereocenters. The van der Waals surface area contributed by atoms with Gasteiger partial charge in [0.15, 0.2) is 0 Å². The molecule has 0 heterocycles. The van der Waals surface area contributed by atoms with Crippen LogP contribution in [-0.2, 0) is 0 Å². The zero-order chi connectivity index (χ0) is 25.3. The first kappa shape index (κ1) is 22.9. The van der Waals surface area contributed by atoms with Crippen LogP contribution < -0.4 is 9.64 Å². The Morgan fingerprint density at radius 1 is 0.500 bits per heavy atom. The molecule has 0 saturated heterocycles. The number of hydrogen-bond donors (Lipinski definition) is 0. The van der Waals surface area contributed by atoms with E-state index in [-0.39, 0.29) is 0 Å². The fraction of sp³-hybridized carbons (Fsp3) is 0.167. The average molecular weight is 494 g/mol. The van der Waals surface area contributed by atoms with Gasteiger partial charge in [-0.2, -0.15) is 0 Å². The smallest absolute Gasteiger partial charge is 0.127 e. The fourth-order valence-electron chi connectivity index (χ4n) is 5.97. The molecule has 7 rings (SSSR count). The van der Waals surface area contributed by atoms with Gasteiger partial charge >= 0.3 is 0 Å². The van der Waals surface area contributed by atoms with Gasteiger partial charge in [0, 0.05) is 22.1 Å². The van der Waals surface area contributed by atoms with Crippen LogP contribution in [0.4, 0.5) is 17.1 Å². The highest BCUT2D eigenvalue weighted by atomic mass is 16.5. The van der Waals surface area contributed by atoms with E-state index >= 15 is 0 Å². The van der Waals surface area contributed by atoms with Gasteiger partial charge in [0.05, 0.1) is 11.8 Å². The molecule has 0 aromatic heterocycles. The van der Waals surface area contributed by atoms with Crippen molar-refractivity contribution in [2.45, 2.75) is 38.2 Å². The Balaban J connectivity index is 1.41. The van der Waals surface area contributed by atoms with Crippen molar-refractivity contribution < 1.29 is 4.74 Å². The molecule has 38 heavy (non-hydrogen) atoms. The van der Waals surface area contributed by atoms with Crippen LogP contribution in [0.5, 0.6) is 5.75 Å². The minimum absolute atomic E-state index is 0.315. The average Bonchev–Trinajstić information content (AvgIpc) is 2.99. The van der Waals surface area contributed by atoms with Crippen molar-refractivity contribution in [1.82, 2.24) is 0 Å². The Morgan fingerprint density at radius 3 is 1.68 bits per heavy atom. The van der Waals surface area contributed by atoms with Crippen molar-refractivity contribution in [3.8, 4) is 5.75 Å². The number of benzene rings is 6. The number of hydrogen-bond acceptors (Lipinski definition) is 2. The summed E-state index contributed by atoms with van der Waals surface area (Å²) in [5.74, 6) is 0.994. The first-order valence-corrected chi connectivity index (χ1v) is 13.8. The Labute approximate surface area is 224 Å². The predicted molar refractivity (Wildman–Crippen MR) is 161 cm³/mol. The minimum atomic E-state index is 0.315. The van der Waals surface area contributed by atoms with Crippen LogP contribution in [-0.4, -0.2) is 6.10 Å². The Morgan fingerprint density at radius 2 is 1.05 bits per heavy atom. The predicted octanol–water partition coefficient (Wildman–Crippen LogP) is 10.3. The maximum Gasteiger partial charge on any atom is 0.127 e. The molecule has 0 bridgehead atoms. The lowest BCUT2D eigenvalue weighted by Gasteiger charge is -2.29. The van der Waals surface area contributed by atoms with E-state index in [1.54, 1.807) is 0 Å². The lowest BCUT2D eigenvalue weighted by molar-refractivity contribution is 0.157. The van der Waals surface area contributed by atoms with Gasteiger partial charge in [-0.05, 0) is 83.6 Å². The molecule has 0 atom stereocenters. The molecule has 0 spiro atoms. The Hall–Kier alpha value is -4.30. The molecule has 1 saturated carbocycles. The van der Waals surface area contributed by atoms with Crippen LogP contribution in [0.25, 0.3) is 32.3 Å². The van der Waals surface area contributed by atoms with E-state index in [1.165, 1.54) is 51.6 Å². The highest BCUT2D eigenvalue weighted by Gasteiger charge is 2.20. The monoisotopic (exact) mass is 493 g/mol. The minimum Gasteiger partial charge on any atom is -0.490 e. The molecule has 0 radical (unpaired) electrons. The summed E-state index contributed by atoms with van der Waals surface area (Å²) in [6, 6.07) is 43.8. The number of rotatable bonds is 5. The lowest BCUT2D eigenvalue weighted by atomic mass is 9.97. The van der Waals surface area contributed by atoms with Gasteiger partial charge in [-0.1, -0.05) is 91.3 Å². The number of nitrogens with zero attached hydrogens (tertiary/aromatic N) is 1. The van der Waals surface area contributed by atoms with E-state index in [0.717, 1.165) is 35.7 Å². The topological polar surface area (TPSA) is 12.5 Å². The molecule has 6 aromatic rings. The summed E-state index contributed by atoms with van der Waals surface area (Å²) in [4.78, 5) is 2.39. The zero-order valence-electron chi connectivity index (χ0n) is 21.5. The number of fused-ring (bicyclic) bond motifs is 3. The first-order valence-electron chi connectivity index (χ1n) is 13.8. The normalized spacial score (nSPS) is 14.2. The molecule has 0 N–H and O–H groups in total. The van der Waals surface area contributed by atoms with Crippen molar-refractivity contribution in [3.05, 3.63) is 121 Å². The SMILES string of the molecule is c1ccc2cc(N(c3ccc4ccccc4c3)c3ccc(OC4CCCCC4)c4ccccc34)ccc2c1. The maximum absolute atomic E-state index is 6.61. The molecule has 0 amide bonds. The second kappa shape index (κ2) is 9.87. The highest BCUT2D eigenvalue weighted by molar-refractivity contribution is 6.03. The molecular formula is C36H31NO. The first-order chi connectivity index (χ1) is 18.8. The summed E-state index contributed by atoms with van der Waals surface area (Å²) in [5, 5.41) is 7.32. The molecule has 1 fully saturated rings. The molecule has 6 aromatic carbocycles. The molecular weight excluding hydrogens is 462 g/mol. The van der Waals surface area contributed by atoms with Gasteiger partial charge in [0.2, 0.25) is 0 Å². The highest BCUT2D eigenvalue weighted by Crippen LogP contribution is 2.43. The van der Waals surface area contributed by atoms with E-state index < -0.39 is 0 Å². The molecule has 2 nitrogen and oxygen atoms in total. The summed E-state index contributed by atoms with van der Waals surface area (Å²) in [5.41, 5.74) is 3.44. The van der Waals surface area contributed by atoms with Crippen LogP contribution >= 0.6 is 0 Å². The van der Waals surface area contributed by atoms with Crippen LogP contribution in [0, 0.1) is 0 Å². The molecule has 0 aliphatic heterocycles. The third kappa shape index (κ3) is 4.26. The third-order valence-corrected chi connectivity index (χ3v) is 7.93. The molecule has 2 heteroatoms. The molecule has 1 aliphatic rings. The van der Waals surface area contributed by atoms with Crippen LogP contribution in [0.1, 0.15) is 32.1 Å². The van der Waals surface area contributed by atoms with E-state index in [9.17, 15) is 0 Å². The summed E-state index contributed by atoms with van der Waals surface area (Å²) in [6.07, 6.45) is 6.46. The van der Waals surface area contributed by atoms with E-state index in [0.29, 0.717) is 6.10 Å². The van der Waals surface area contributed by atoms with E-state index in [2.05, 4.69) is 126 Å². The standard InChI is InChI=1S/C36H31NO/c1-2-14-32(15-3-1)38-36-23-22-35(33-16-8-9-17-34(33)36)37(30-20-18-26-10-4-6-12-28(26)24-30)31-21-19-27-11-5-7-13-29(27)25-31/h4-13,16-25,32H,1-3,14-15H2. The number of anilines is 3. The van der Waals surface area contributed by atoms with Crippen molar-refractivity contribution in [2.24, 2.45) is 0 Å². The number of ether oxygens (including phenoxy) is 1. The lowest BCUT2D eigenvalue weighted by Crippen LogP contribution is -2.19. The van der Waals surface area contributed by atoms with Crippen LogP contribution in [0.3, 0.4) is 0 Å². The largest absolute Gasteiger partial charge is 0.490 e. The van der Waals surface area contributed by atoms with Gasteiger partial charge < -0.3 is 9.64 Å². The fourth-order valence-corrected chi connectivity index (χ4v) is 5.97. The van der Waals surface area contributed by atoms with Gasteiger partial charge in [-0.15, -0.1) is 0 Å². The van der Waals surface area contributed by atoms with Gasteiger partial charge in [0.1, 0.15) is 5.75 Å². The summed E-state index contributed by atoms with van der Waals surface area (Å²) >= 11 is 0. The quantitative estimate of drug-likeness (QED) is 0.237. The maximum atomic E-state index is 6.61. The third-order valence-electron chi connectivity index (χ3n) is 7.93. The van der Waals surface area contributed by atoms with Gasteiger partial charge in [0.25, 0.3) is 0 Å². The summed E-state index contributed by atoms with van der Waals surface area (Å²) in [6.45, 7) is 0. The van der Waals surface area contributed by atoms with Crippen molar-refractivity contribution in [1.29, 1.82) is 0 Å².